The lowest BCUT2D eigenvalue weighted by Gasteiger charge is -2.23. The van der Waals surface area contributed by atoms with Crippen LogP contribution >= 0.6 is 0 Å². The van der Waals surface area contributed by atoms with Crippen molar-refractivity contribution in [1.29, 1.82) is 0 Å². The Morgan fingerprint density at radius 1 is 1.62 bits per heavy atom. The van der Waals surface area contributed by atoms with Crippen molar-refractivity contribution in [3.63, 3.8) is 0 Å². The predicted molar refractivity (Wildman–Crippen MR) is 47.9 cm³/mol. The molecule has 0 aliphatic heterocycles. The molecule has 0 unspecified atom stereocenters. The molecule has 70 valence electrons. The van der Waals surface area contributed by atoms with Gasteiger partial charge in [0.1, 0.15) is 0 Å². The van der Waals surface area contributed by atoms with Crippen LogP contribution in [-0.2, 0) is 11.3 Å². The third-order valence-corrected chi connectivity index (χ3v) is 2.52. The standard InChI is InChI=1S/C10H13NO2/c12-10(9-2-1-3-9)11-6-8-4-5-13-7-8/h4-5,7,9H,1-3,6H2,(H,11,12). The summed E-state index contributed by atoms with van der Waals surface area (Å²) in [4.78, 5) is 11.4. The number of amides is 1. The van der Waals surface area contributed by atoms with Crippen molar-refractivity contribution >= 4 is 5.91 Å². The highest BCUT2D eigenvalue weighted by Crippen LogP contribution is 2.26. The van der Waals surface area contributed by atoms with Gasteiger partial charge < -0.3 is 9.73 Å². The minimum Gasteiger partial charge on any atom is -0.472 e. The van der Waals surface area contributed by atoms with Crippen LogP contribution in [-0.4, -0.2) is 5.91 Å². The third-order valence-electron chi connectivity index (χ3n) is 2.52. The SMILES string of the molecule is O=C(NCc1ccoc1)C1CCC1. The molecule has 0 aromatic carbocycles. The van der Waals surface area contributed by atoms with Crippen LogP contribution in [0.15, 0.2) is 23.0 Å². The molecule has 1 N–H and O–H groups in total. The third kappa shape index (κ3) is 1.91. The average Bonchev–Trinajstić information content (AvgIpc) is 2.49. The van der Waals surface area contributed by atoms with Crippen LogP contribution in [0.3, 0.4) is 0 Å². The molecule has 3 nitrogen and oxygen atoms in total. The first-order chi connectivity index (χ1) is 6.36. The molecule has 1 saturated carbocycles. The summed E-state index contributed by atoms with van der Waals surface area (Å²) in [5.41, 5.74) is 1.02. The fourth-order valence-corrected chi connectivity index (χ4v) is 1.40. The Labute approximate surface area is 77.1 Å². The highest BCUT2D eigenvalue weighted by molar-refractivity contribution is 5.79. The van der Waals surface area contributed by atoms with Gasteiger partial charge in [-0.25, -0.2) is 0 Å². The monoisotopic (exact) mass is 179 g/mol. The van der Waals surface area contributed by atoms with Gasteiger partial charge in [0, 0.05) is 18.0 Å². The van der Waals surface area contributed by atoms with Crippen molar-refractivity contribution in [3.8, 4) is 0 Å². The number of nitrogens with one attached hydrogen (secondary N) is 1. The van der Waals surface area contributed by atoms with Gasteiger partial charge in [-0.15, -0.1) is 0 Å². The Kier molecular flexibility index (Phi) is 2.34. The summed E-state index contributed by atoms with van der Waals surface area (Å²) in [7, 11) is 0. The largest absolute Gasteiger partial charge is 0.472 e. The summed E-state index contributed by atoms with van der Waals surface area (Å²) in [6.45, 7) is 0.589. The summed E-state index contributed by atoms with van der Waals surface area (Å²) in [5.74, 6) is 0.458. The van der Waals surface area contributed by atoms with E-state index in [4.69, 9.17) is 4.42 Å². The number of carbonyl (C=O) groups is 1. The Hall–Kier alpha value is -1.25. The average molecular weight is 179 g/mol. The summed E-state index contributed by atoms with van der Waals surface area (Å²) < 4.78 is 4.90. The van der Waals surface area contributed by atoms with Crippen LogP contribution in [0.25, 0.3) is 0 Å². The van der Waals surface area contributed by atoms with E-state index in [0.717, 1.165) is 18.4 Å². The molecular weight excluding hydrogens is 166 g/mol. The molecule has 0 atom stereocenters. The van der Waals surface area contributed by atoms with Gasteiger partial charge >= 0.3 is 0 Å². The zero-order valence-corrected chi connectivity index (χ0v) is 7.45. The van der Waals surface area contributed by atoms with E-state index in [2.05, 4.69) is 5.32 Å². The molecule has 1 aromatic heterocycles. The molecule has 0 spiro atoms. The van der Waals surface area contributed by atoms with E-state index in [1.807, 2.05) is 6.07 Å². The van der Waals surface area contributed by atoms with Crippen LogP contribution in [0.5, 0.6) is 0 Å². The molecule has 1 aliphatic carbocycles. The van der Waals surface area contributed by atoms with Crippen LogP contribution < -0.4 is 5.32 Å². The Morgan fingerprint density at radius 2 is 2.46 bits per heavy atom. The van der Waals surface area contributed by atoms with Gasteiger partial charge in [-0.3, -0.25) is 4.79 Å². The summed E-state index contributed by atoms with van der Waals surface area (Å²) in [6.07, 6.45) is 6.57. The zero-order valence-electron chi connectivity index (χ0n) is 7.45. The molecule has 1 amide bonds. The first-order valence-corrected chi connectivity index (χ1v) is 4.65. The maximum absolute atomic E-state index is 11.4. The van der Waals surface area contributed by atoms with E-state index in [-0.39, 0.29) is 11.8 Å². The van der Waals surface area contributed by atoms with Crippen molar-refractivity contribution in [1.82, 2.24) is 5.32 Å². The molecule has 1 heterocycles. The van der Waals surface area contributed by atoms with E-state index < -0.39 is 0 Å². The molecule has 3 heteroatoms. The molecule has 0 saturated heterocycles. The summed E-state index contributed by atoms with van der Waals surface area (Å²) in [5, 5.41) is 2.89. The molecule has 0 bridgehead atoms. The van der Waals surface area contributed by atoms with E-state index in [0.29, 0.717) is 6.54 Å². The van der Waals surface area contributed by atoms with E-state index in [9.17, 15) is 4.79 Å². The van der Waals surface area contributed by atoms with Gasteiger partial charge in [-0.05, 0) is 18.9 Å². The van der Waals surface area contributed by atoms with Gasteiger partial charge in [-0.1, -0.05) is 6.42 Å². The fraction of sp³-hybridized carbons (Fsp3) is 0.500. The molecule has 1 aromatic rings. The van der Waals surface area contributed by atoms with Gasteiger partial charge in [0.2, 0.25) is 5.91 Å². The number of furan rings is 1. The van der Waals surface area contributed by atoms with Crippen molar-refractivity contribution in [2.24, 2.45) is 5.92 Å². The topological polar surface area (TPSA) is 42.2 Å². The van der Waals surface area contributed by atoms with Crippen LogP contribution in [0.4, 0.5) is 0 Å². The van der Waals surface area contributed by atoms with Crippen LogP contribution in [0.1, 0.15) is 24.8 Å². The number of hydrogen-bond donors (Lipinski definition) is 1. The normalized spacial score (nSPS) is 16.6. The minimum absolute atomic E-state index is 0.187. The maximum Gasteiger partial charge on any atom is 0.223 e. The Balaban J connectivity index is 1.76. The first kappa shape index (κ1) is 8.35. The highest BCUT2D eigenvalue weighted by atomic mass is 16.3. The quantitative estimate of drug-likeness (QED) is 0.767. The second-order valence-electron chi connectivity index (χ2n) is 3.48. The molecule has 2 rings (SSSR count). The molecule has 0 radical (unpaired) electrons. The van der Waals surface area contributed by atoms with Gasteiger partial charge in [-0.2, -0.15) is 0 Å². The van der Waals surface area contributed by atoms with E-state index in [1.165, 1.54) is 6.42 Å². The molecule has 1 aliphatic rings. The zero-order chi connectivity index (χ0) is 9.10. The predicted octanol–water partition coefficient (Wildman–Crippen LogP) is 1.70. The Morgan fingerprint density at radius 3 is 3.00 bits per heavy atom. The number of hydrogen-bond acceptors (Lipinski definition) is 2. The van der Waals surface area contributed by atoms with Crippen LogP contribution in [0, 0.1) is 5.92 Å². The summed E-state index contributed by atoms with van der Waals surface area (Å²) in [6, 6.07) is 1.86. The maximum atomic E-state index is 11.4. The summed E-state index contributed by atoms with van der Waals surface area (Å²) >= 11 is 0. The van der Waals surface area contributed by atoms with E-state index >= 15 is 0 Å². The second kappa shape index (κ2) is 3.64. The van der Waals surface area contributed by atoms with Crippen molar-refractivity contribution < 1.29 is 9.21 Å². The lowest BCUT2D eigenvalue weighted by atomic mass is 9.85. The van der Waals surface area contributed by atoms with Gasteiger partial charge in [0.25, 0.3) is 0 Å². The minimum atomic E-state index is 0.187. The van der Waals surface area contributed by atoms with Gasteiger partial charge in [0.15, 0.2) is 0 Å². The van der Waals surface area contributed by atoms with Crippen molar-refractivity contribution in [2.75, 3.05) is 0 Å². The van der Waals surface area contributed by atoms with Crippen molar-refractivity contribution in [2.45, 2.75) is 25.8 Å². The Bertz CT molecular complexity index is 275. The highest BCUT2D eigenvalue weighted by Gasteiger charge is 2.24. The van der Waals surface area contributed by atoms with Crippen LogP contribution in [0.2, 0.25) is 0 Å². The fourth-order valence-electron chi connectivity index (χ4n) is 1.40. The molecule has 1 fully saturated rings. The molecule has 13 heavy (non-hydrogen) atoms. The lowest BCUT2D eigenvalue weighted by molar-refractivity contribution is -0.127. The molecular formula is C10H13NO2. The second-order valence-corrected chi connectivity index (χ2v) is 3.48. The lowest BCUT2D eigenvalue weighted by Crippen LogP contribution is -2.33. The first-order valence-electron chi connectivity index (χ1n) is 4.65. The smallest absolute Gasteiger partial charge is 0.223 e. The number of carbonyl (C=O) groups excluding carboxylic acids is 1. The van der Waals surface area contributed by atoms with Gasteiger partial charge in [0.05, 0.1) is 12.5 Å². The van der Waals surface area contributed by atoms with Crippen molar-refractivity contribution in [3.05, 3.63) is 24.2 Å². The number of rotatable bonds is 3. The van der Waals surface area contributed by atoms with E-state index in [1.54, 1.807) is 12.5 Å².